The van der Waals surface area contributed by atoms with Crippen molar-refractivity contribution in [1.29, 1.82) is 0 Å². The zero-order valence-corrected chi connectivity index (χ0v) is 17.4. The maximum absolute atomic E-state index is 10.6. The Labute approximate surface area is 160 Å². The van der Waals surface area contributed by atoms with E-state index in [1.54, 1.807) is 11.9 Å². The maximum atomic E-state index is 10.6. The molecule has 0 heterocycles. The van der Waals surface area contributed by atoms with Crippen molar-refractivity contribution in [1.82, 2.24) is 4.90 Å². The second kappa shape index (κ2) is 15.4. The normalized spacial score (nSPS) is 13.1. The van der Waals surface area contributed by atoms with Crippen LogP contribution in [0.3, 0.4) is 0 Å². The summed E-state index contributed by atoms with van der Waals surface area (Å²) in [5.41, 5.74) is 0. The third-order valence-electron chi connectivity index (χ3n) is 3.64. The first-order valence-electron chi connectivity index (χ1n) is 8.17. The number of aliphatic hydroxyl groups excluding tert-OH is 1. The number of unbranched alkanes of at least 4 members (excludes halogenated alkanes) is 7. The number of rotatable bonds is 14. The summed E-state index contributed by atoms with van der Waals surface area (Å²) in [5, 5.41) is 9.87. The van der Waals surface area contributed by atoms with E-state index < -0.39 is 16.2 Å². The predicted molar refractivity (Wildman–Crippen MR) is 88.3 cm³/mol. The Morgan fingerprint density at radius 2 is 1.55 bits per heavy atom. The molecule has 0 aliphatic rings. The monoisotopic (exact) mass is 347 g/mol. The van der Waals surface area contributed by atoms with Crippen molar-refractivity contribution in [2.45, 2.75) is 70.8 Å². The molecule has 0 fully saturated rings. The molecule has 2 N–H and O–H groups in total. The van der Waals surface area contributed by atoms with Crippen LogP contribution >= 0.6 is 0 Å². The molecule has 0 radical (unpaired) electrons. The van der Waals surface area contributed by atoms with Crippen LogP contribution in [0, 0.1) is 0 Å². The molecule has 0 saturated heterocycles. The average molecular weight is 347 g/mol. The minimum atomic E-state index is -3.91. The van der Waals surface area contributed by atoms with Crippen molar-refractivity contribution in [3.63, 3.8) is 0 Å². The van der Waals surface area contributed by atoms with Crippen molar-refractivity contribution in [2.75, 3.05) is 25.9 Å². The second-order valence-corrected chi connectivity index (χ2v) is 7.54. The van der Waals surface area contributed by atoms with E-state index in [1.807, 2.05) is 0 Å². The third kappa shape index (κ3) is 18.9. The minimum absolute atomic E-state index is 0. The first-order chi connectivity index (χ1) is 9.85. The summed E-state index contributed by atoms with van der Waals surface area (Å²) < 4.78 is 29.9. The largest absolute Gasteiger partial charge is 1.00 e. The summed E-state index contributed by atoms with van der Waals surface area (Å²) in [6.45, 7) is 2.91. The molecular weight excluding hydrogens is 313 g/mol. The van der Waals surface area contributed by atoms with Crippen LogP contribution < -0.4 is 29.6 Å². The molecule has 0 aliphatic carbocycles. The van der Waals surface area contributed by atoms with Crippen LogP contribution in [0.5, 0.6) is 0 Å². The molecule has 0 rings (SSSR count). The molecule has 0 aromatic rings. The van der Waals surface area contributed by atoms with Gasteiger partial charge in [-0.25, -0.2) is 0 Å². The first-order valence-corrected chi connectivity index (χ1v) is 9.78. The molecule has 0 bridgehead atoms. The molecular formula is C15H34NNaO4S. The molecule has 130 valence electrons. The van der Waals surface area contributed by atoms with Crippen molar-refractivity contribution in [3.05, 3.63) is 0 Å². The Kier molecular flexibility index (Phi) is 17.5. The van der Waals surface area contributed by atoms with Gasteiger partial charge in [-0.2, -0.15) is 8.42 Å². The van der Waals surface area contributed by atoms with Gasteiger partial charge in [0.2, 0.25) is 0 Å². The summed E-state index contributed by atoms with van der Waals surface area (Å²) in [4.78, 5) is 1.74. The molecule has 0 aromatic carbocycles. The van der Waals surface area contributed by atoms with E-state index in [4.69, 9.17) is 4.55 Å². The number of hydrogen-bond donors (Lipinski definition) is 2. The Morgan fingerprint density at radius 3 is 2.05 bits per heavy atom. The number of likely N-dealkylation sites (N-methyl/N-ethyl adjacent to an activating group) is 1. The summed E-state index contributed by atoms with van der Waals surface area (Å²) >= 11 is 0. The van der Waals surface area contributed by atoms with Crippen LogP contribution in [0.2, 0.25) is 0 Å². The zero-order valence-electron chi connectivity index (χ0n) is 15.6. The van der Waals surface area contributed by atoms with Crippen LogP contribution in [0.1, 0.15) is 66.1 Å². The molecule has 22 heavy (non-hydrogen) atoms. The molecule has 0 saturated carbocycles. The number of hydrogen-bond acceptors (Lipinski definition) is 4. The molecule has 0 aliphatic heterocycles. The number of nitrogens with zero attached hydrogens (tertiary/aromatic N) is 1. The molecule has 0 spiro atoms. The van der Waals surface area contributed by atoms with E-state index in [9.17, 15) is 13.5 Å². The van der Waals surface area contributed by atoms with Crippen molar-refractivity contribution in [2.24, 2.45) is 0 Å². The Morgan fingerprint density at radius 1 is 1.05 bits per heavy atom. The summed E-state index contributed by atoms with van der Waals surface area (Å²) in [7, 11) is -2.16. The van der Waals surface area contributed by atoms with Crippen molar-refractivity contribution in [3.8, 4) is 0 Å². The van der Waals surface area contributed by atoms with Gasteiger partial charge in [0, 0.05) is 13.1 Å². The summed E-state index contributed by atoms with van der Waals surface area (Å²) in [6, 6.07) is 0. The molecule has 1 unspecified atom stereocenters. The van der Waals surface area contributed by atoms with E-state index in [2.05, 4.69) is 6.92 Å². The Bertz CT molecular complexity index is 344. The van der Waals surface area contributed by atoms with Gasteiger partial charge in [-0.1, -0.05) is 58.3 Å². The Hall–Kier alpha value is 0.830. The quantitative estimate of drug-likeness (QED) is 0.259. The molecule has 0 amide bonds. The van der Waals surface area contributed by atoms with Gasteiger partial charge in [-0.05, 0) is 13.5 Å². The summed E-state index contributed by atoms with van der Waals surface area (Å²) in [6.07, 6.45) is 10.3. The van der Waals surface area contributed by atoms with Crippen LogP contribution in [0.4, 0.5) is 0 Å². The van der Waals surface area contributed by atoms with E-state index in [0.29, 0.717) is 6.54 Å². The molecule has 0 aromatic heterocycles. The van der Waals surface area contributed by atoms with Crippen LogP contribution in [-0.4, -0.2) is 55.0 Å². The van der Waals surface area contributed by atoms with E-state index in [1.165, 1.54) is 38.5 Å². The van der Waals surface area contributed by atoms with Crippen molar-refractivity contribution < 1.29 is 49.1 Å². The van der Waals surface area contributed by atoms with Gasteiger partial charge in [0.25, 0.3) is 10.1 Å². The van der Waals surface area contributed by atoms with Crippen molar-refractivity contribution >= 4 is 10.1 Å². The number of aliphatic hydroxyl groups is 1. The second-order valence-electron chi connectivity index (χ2n) is 5.97. The maximum Gasteiger partial charge on any atom is 1.00 e. The zero-order chi connectivity index (χ0) is 16.1. The molecule has 5 nitrogen and oxygen atoms in total. The van der Waals surface area contributed by atoms with E-state index in [0.717, 1.165) is 19.3 Å². The van der Waals surface area contributed by atoms with Gasteiger partial charge in [0.1, 0.15) is 0 Å². The standard InChI is InChI=1S/C15H33NO4S.Na.H/c1-3-4-5-6-7-8-9-10-11-15(17)14-16(2)12-13-21(18,19)20;;/h15,17H,3-14H2,1-2H3,(H,18,19,20);;/q;+1;-1. The fraction of sp³-hybridized carbons (Fsp3) is 1.00. The molecule has 1 atom stereocenters. The van der Waals surface area contributed by atoms with E-state index in [-0.39, 0.29) is 43.3 Å². The minimum Gasteiger partial charge on any atom is -1.00 e. The van der Waals surface area contributed by atoms with Gasteiger partial charge in [0.15, 0.2) is 0 Å². The smallest absolute Gasteiger partial charge is 1.00 e. The van der Waals surface area contributed by atoms with Gasteiger partial charge in [0.05, 0.1) is 11.9 Å². The van der Waals surface area contributed by atoms with Gasteiger partial charge >= 0.3 is 29.6 Å². The fourth-order valence-electron chi connectivity index (χ4n) is 2.33. The van der Waals surface area contributed by atoms with Gasteiger partial charge in [-0.15, -0.1) is 0 Å². The van der Waals surface area contributed by atoms with Crippen LogP contribution in [0.25, 0.3) is 0 Å². The van der Waals surface area contributed by atoms with Crippen LogP contribution in [0.15, 0.2) is 0 Å². The Balaban J connectivity index is -0.00000200. The average Bonchev–Trinajstić information content (AvgIpc) is 2.39. The first kappa shape index (κ1) is 25.1. The summed E-state index contributed by atoms with van der Waals surface area (Å²) in [5.74, 6) is -0.284. The van der Waals surface area contributed by atoms with E-state index >= 15 is 0 Å². The van der Waals surface area contributed by atoms with Crippen LogP contribution in [-0.2, 0) is 10.1 Å². The van der Waals surface area contributed by atoms with Gasteiger partial charge in [-0.3, -0.25) is 4.55 Å². The van der Waals surface area contributed by atoms with Gasteiger partial charge < -0.3 is 11.4 Å². The topological polar surface area (TPSA) is 77.8 Å². The molecule has 7 heteroatoms. The third-order valence-corrected chi connectivity index (χ3v) is 4.34. The SMILES string of the molecule is CCCCCCCCCCC(O)CN(C)CCS(=O)(=O)O.[H-].[Na+]. The predicted octanol–water partition coefficient (Wildman–Crippen LogP) is -0.186. The fourth-order valence-corrected chi connectivity index (χ4v) is 2.87.